The molecule has 3 aliphatic heterocycles. The van der Waals surface area contributed by atoms with E-state index in [2.05, 4.69) is 15.5 Å². The molecule has 0 aromatic rings. The average molecular weight is 390 g/mol. The molecule has 3 rings (SSSR count). The van der Waals surface area contributed by atoms with Crippen molar-refractivity contribution in [3.05, 3.63) is 0 Å². The third-order valence-electron chi connectivity index (χ3n) is 4.90. The number of nitrogens with one attached hydrogen (secondary N) is 2. The number of alkyl halides is 2. The van der Waals surface area contributed by atoms with Gasteiger partial charge in [0.25, 0.3) is 5.92 Å². The molecule has 0 saturated carbocycles. The van der Waals surface area contributed by atoms with Crippen LogP contribution in [0.3, 0.4) is 0 Å². The summed E-state index contributed by atoms with van der Waals surface area (Å²) >= 11 is 0. The van der Waals surface area contributed by atoms with Crippen LogP contribution in [0.4, 0.5) is 8.78 Å². The summed E-state index contributed by atoms with van der Waals surface area (Å²) in [6.45, 7) is 4.31. The van der Waals surface area contributed by atoms with Crippen molar-refractivity contribution in [1.82, 2.24) is 15.5 Å². The number of halogens is 4. The van der Waals surface area contributed by atoms with E-state index in [9.17, 15) is 13.6 Å². The van der Waals surface area contributed by atoms with E-state index < -0.39 is 18.5 Å². The molecular weight excluding hydrogens is 363 g/mol. The van der Waals surface area contributed by atoms with Crippen molar-refractivity contribution in [2.45, 2.75) is 43.7 Å². The van der Waals surface area contributed by atoms with E-state index in [-0.39, 0.29) is 43.2 Å². The Hall–Kier alpha value is -0.210. The quantitative estimate of drug-likeness (QED) is 0.763. The minimum Gasteiger partial charge on any atom is -0.381 e. The average Bonchev–Trinajstić information content (AvgIpc) is 3.10. The molecule has 3 saturated heterocycles. The van der Waals surface area contributed by atoms with Gasteiger partial charge in [-0.25, -0.2) is 8.78 Å². The van der Waals surface area contributed by atoms with Crippen molar-refractivity contribution in [3.8, 4) is 0 Å². The third-order valence-corrected chi connectivity index (χ3v) is 4.90. The number of carbonyl (C=O) groups is 1. The molecule has 3 fully saturated rings. The Labute approximate surface area is 154 Å². The van der Waals surface area contributed by atoms with Crippen LogP contribution in [0.25, 0.3) is 0 Å². The number of carbonyl (C=O) groups excluding carboxylic acids is 1. The van der Waals surface area contributed by atoms with Crippen LogP contribution >= 0.6 is 24.8 Å². The first kappa shape index (κ1) is 21.8. The summed E-state index contributed by atoms with van der Waals surface area (Å²) in [5, 5.41) is 5.53. The normalized spacial score (nSPS) is 30.4. The fourth-order valence-electron chi connectivity index (χ4n) is 3.56. The maximum Gasteiger partial charge on any atom is 0.262 e. The number of likely N-dealkylation sites (tertiary alicyclic amines) is 1. The molecule has 0 radical (unpaired) electrons. The number of amides is 1. The zero-order valence-corrected chi connectivity index (χ0v) is 15.3. The van der Waals surface area contributed by atoms with E-state index in [0.717, 1.165) is 52.1 Å². The molecule has 2 atom stereocenters. The molecule has 0 aromatic carbocycles. The molecule has 24 heavy (non-hydrogen) atoms. The van der Waals surface area contributed by atoms with Crippen LogP contribution in [0.15, 0.2) is 0 Å². The standard InChI is InChI=1S/C15H25F2N3O2.2ClH/c16-15(17)7-13(18-10-15)14(21)19-12-1-4-20(5-2-12)8-11-3-6-22-9-11;;/h11-13,18H,1-10H2,(H,19,21);2*1H. The van der Waals surface area contributed by atoms with Gasteiger partial charge in [-0.2, -0.15) is 0 Å². The van der Waals surface area contributed by atoms with Crippen LogP contribution in [0.5, 0.6) is 0 Å². The first-order chi connectivity index (χ1) is 10.5. The monoisotopic (exact) mass is 389 g/mol. The first-order valence-electron chi connectivity index (χ1n) is 8.23. The predicted molar refractivity (Wildman–Crippen MR) is 92.4 cm³/mol. The van der Waals surface area contributed by atoms with Crippen LogP contribution in [0, 0.1) is 5.92 Å². The van der Waals surface area contributed by atoms with E-state index in [4.69, 9.17) is 4.74 Å². The van der Waals surface area contributed by atoms with Crippen LogP contribution in [-0.4, -0.2) is 68.2 Å². The van der Waals surface area contributed by atoms with Crippen LogP contribution in [-0.2, 0) is 9.53 Å². The van der Waals surface area contributed by atoms with Crippen molar-refractivity contribution < 1.29 is 18.3 Å². The second-order valence-corrected chi connectivity index (χ2v) is 6.81. The maximum absolute atomic E-state index is 13.1. The minimum absolute atomic E-state index is 0. The number of hydrogen-bond donors (Lipinski definition) is 2. The van der Waals surface area contributed by atoms with E-state index in [1.807, 2.05) is 0 Å². The van der Waals surface area contributed by atoms with Gasteiger partial charge in [0, 0.05) is 38.7 Å². The van der Waals surface area contributed by atoms with Gasteiger partial charge in [0.2, 0.25) is 5.91 Å². The van der Waals surface area contributed by atoms with E-state index in [1.165, 1.54) is 0 Å². The van der Waals surface area contributed by atoms with Crippen LogP contribution in [0.2, 0.25) is 0 Å². The lowest BCUT2D eigenvalue weighted by Crippen LogP contribution is -2.50. The van der Waals surface area contributed by atoms with Gasteiger partial charge in [-0.15, -0.1) is 24.8 Å². The number of hydrogen-bond acceptors (Lipinski definition) is 4. The highest BCUT2D eigenvalue weighted by molar-refractivity contribution is 5.85. The highest BCUT2D eigenvalue weighted by atomic mass is 35.5. The molecule has 142 valence electrons. The SMILES string of the molecule is Cl.Cl.O=C(NC1CCN(CC2CCOC2)CC1)C1CC(F)(F)CN1. The Bertz CT molecular complexity index is 404. The Morgan fingerprint density at radius 1 is 1.25 bits per heavy atom. The van der Waals surface area contributed by atoms with E-state index >= 15 is 0 Å². The first-order valence-corrected chi connectivity index (χ1v) is 8.23. The van der Waals surface area contributed by atoms with E-state index in [0.29, 0.717) is 5.92 Å². The summed E-state index contributed by atoms with van der Waals surface area (Å²) in [6, 6.07) is -0.636. The topological polar surface area (TPSA) is 53.6 Å². The molecule has 0 aromatic heterocycles. The second-order valence-electron chi connectivity index (χ2n) is 6.81. The van der Waals surface area contributed by atoms with E-state index in [1.54, 1.807) is 0 Å². The van der Waals surface area contributed by atoms with Gasteiger partial charge in [-0.3, -0.25) is 10.1 Å². The smallest absolute Gasteiger partial charge is 0.262 e. The molecule has 0 aliphatic carbocycles. The number of rotatable bonds is 4. The minimum atomic E-state index is -2.76. The van der Waals surface area contributed by atoms with Gasteiger partial charge < -0.3 is 15.0 Å². The zero-order valence-electron chi connectivity index (χ0n) is 13.6. The van der Waals surface area contributed by atoms with Gasteiger partial charge in [0.1, 0.15) is 0 Å². The Balaban J connectivity index is 0.00000144. The molecule has 2 N–H and O–H groups in total. The van der Waals surface area contributed by atoms with Crippen molar-refractivity contribution in [2.75, 3.05) is 39.4 Å². The van der Waals surface area contributed by atoms with Gasteiger partial charge in [0.15, 0.2) is 0 Å². The lowest BCUT2D eigenvalue weighted by Gasteiger charge is -2.34. The summed E-state index contributed by atoms with van der Waals surface area (Å²) in [6.07, 6.45) is 2.53. The van der Waals surface area contributed by atoms with Crippen molar-refractivity contribution >= 4 is 30.7 Å². The van der Waals surface area contributed by atoms with Gasteiger partial charge in [0.05, 0.1) is 19.2 Å². The fraction of sp³-hybridized carbons (Fsp3) is 0.933. The predicted octanol–water partition coefficient (Wildman–Crippen LogP) is 1.44. The van der Waals surface area contributed by atoms with Gasteiger partial charge in [-0.05, 0) is 25.2 Å². The van der Waals surface area contributed by atoms with Crippen molar-refractivity contribution in [3.63, 3.8) is 0 Å². The largest absolute Gasteiger partial charge is 0.381 e. The lowest BCUT2D eigenvalue weighted by molar-refractivity contribution is -0.124. The molecule has 3 aliphatic rings. The highest BCUT2D eigenvalue weighted by Gasteiger charge is 2.42. The maximum atomic E-state index is 13.1. The zero-order chi connectivity index (χ0) is 15.6. The molecule has 1 amide bonds. The number of piperidine rings is 1. The highest BCUT2D eigenvalue weighted by Crippen LogP contribution is 2.25. The molecule has 9 heteroatoms. The van der Waals surface area contributed by atoms with Crippen LogP contribution in [0.1, 0.15) is 25.7 Å². The summed E-state index contributed by atoms with van der Waals surface area (Å²) in [7, 11) is 0. The molecule has 5 nitrogen and oxygen atoms in total. The molecular formula is C15H27Cl2F2N3O2. The van der Waals surface area contributed by atoms with Crippen LogP contribution < -0.4 is 10.6 Å². The number of nitrogens with zero attached hydrogens (tertiary/aromatic N) is 1. The molecule has 0 spiro atoms. The molecule has 2 unspecified atom stereocenters. The fourth-order valence-corrected chi connectivity index (χ4v) is 3.56. The Morgan fingerprint density at radius 2 is 1.96 bits per heavy atom. The summed E-state index contributed by atoms with van der Waals surface area (Å²) < 4.78 is 31.6. The Morgan fingerprint density at radius 3 is 2.50 bits per heavy atom. The van der Waals surface area contributed by atoms with Crippen molar-refractivity contribution in [2.24, 2.45) is 5.92 Å². The lowest BCUT2D eigenvalue weighted by atomic mass is 10.0. The summed E-state index contributed by atoms with van der Waals surface area (Å²) in [5.41, 5.74) is 0. The number of ether oxygens (including phenoxy) is 1. The second kappa shape index (κ2) is 9.48. The Kier molecular flexibility index (Phi) is 8.62. The molecule has 0 bridgehead atoms. The third kappa shape index (κ3) is 5.95. The van der Waals surface area contributed by atoms with Crippen molar-refractivity contribution in [1.29, 1.82) is 0 Å². The summed E-state index contributed by atoms with van der Waals surface area (Å²) in [4.78, 5) is 14.4. The van der Waals surface area contributed by atoms with Gasteiger partial charge >= 0.3 is 0 Å². The molecule has 3 heterocycles. The van der Waals surface area contributed by atoms with Gasteiger partial charge in [-0.1, -0.05) is 0 Å². The summed E-state index contributed by atoms with van der Waals surface area (Å²) in [5.74, 6) is -2.40.